The van der Waals surface area contributed by atoms with Crippen LogP contribution in [-0.4, -0.2) is 22.3 Å². The first-order valence-corrected chi connectivity index (χ1v) is 10.5. The average Bonchev–Trinajstić information content (AvgIpc) is 3.22. The molecule has 0 aliphatic carbocycles. The van der Waals surface area contributed by atoms with Crippen molar-refractivity contribution in [3.8, 4) is 0 Å². The van der Waals surface area contributed by atoms with Crippen molar-refractivity contribution in [1.82, 2.24) is 4.57 Å². The van der Waals surface area contributed by atoms with Crippen LogP contribution in [0.4, 0.5) is 5.69 Å². The third-order valence-electron chi connectivity index (χ3n) is 5.23. The smallest absolute Gasteiger partial charge is 0.279 e. The van der Waals surface area contributed by atoms with E-state index in [2.05, 4.69) is 37.6 Å². The van der Waals surface area contributed by atoms with E-state index >= 15 is 0 Å². The van der Waals surface area contributed by atoms with E-state index < -0.39 is 0 Å². The Labute approximate surface area is 177 Å². The van der Waals surface area contributed by atoms with Gasteiger partial charge in [-0.2, -0.15) is 4.99 Å². The van der Waals surface area contributed by atoms with Crippen molar-refractivity contribution in [2.75, 3.05) is 4.90 Å². The number of imide groups is 1. The van der Waals surface area contributed by atoms with Crippen LogP contribution in [0, 0.1) is 13.8 Å². The first-order chi connectivity index (χ1) is 14.4. The normalized spacial score (nSPS) is 14.7. The van der Waals surface area contributed by atoms with Crippen LogP contribution in [0.5, 0.6) is 0 Å². The predicted octanol–water partition coefficient (Wildman–Crippen LogP) is 3.90. The molecule has 1 aliphatic heterocycles. The fraction of sp³-hybridized carbons (Fsp3) is 0.217. The predicted molar refractivity (Wildman–Crippen MR) is 118 cm³/mol. The van der Waals surface area contributed by atoms with Crippen LogP contribution >= 0.6 is 11.3 Å². The quantitative estimate of drug-likeness (QED) is 0.476. The van der Waals surface area contributed by atoms with Gasteiger partial charge in [-0.05, 0) is 61.4 Å². The largest absolute Gasteiger partial charge is 0.312 e. The minimum atomic E-state index is -0.376. The topological polar surface area (TPSA) is 71.7 Å². The molecular formula is C23H21N3O3S. The molecule has 30 heavy (non-hydrogen) atoms. The molecule has 0 atom stereocenters. The van der Waals surface area contributed by atoms with Gasteiger partial charge in [0.1, 0.15) is 0 Å². The van der Waals surface area contributed by atoms with Gasteiger partial charge in [0.15, 0.2) is 4.80 Å². The SMILES string of the molecule is C=CCn1c(=NC(=O)c2ccc(N3C(=O)CCC3=O)cc2)sc2cc(C)c(C)cc21. The van der Waals surface area contributed by atoms with Crippen LogP contribution in [0.1, 0.15) is 34.3 Å². The summed E-state index contributed by atoms with van der Waals surface area (Å²) in [5, 5.41) is 0. The molecule has 0 radical (unpaired) electrons. The first kappa shape index (κ1) is 20.0. The first-order valence-electron chi connectivity index (χ1n) is 9.65. The van der Waals surface area contributed by atoms with Crippen molar-refractivity contribution in [1.29, 1.82) is 0 Å². The third-order valence-corrected chi connectivity index (χ3v) is 6.27. The monoisotopic (exact) mass is 419 g/mol. The molecular weight excluding hydrogens is 398 g/mol. The third kappa shape index (κ3) is 3.52. The maximum Gasteiger partial charge on any atom is 0.279 e. The number of nitrogens with zero attached hydrogens (tertiary/aromatic N) is 3. The number of aryl methyl sites for hydroxylation is 2. The molecule has 7 heteroatoms. The van der Waals surface area contributed by atoms with Gasteiger partial charge in [0.05, 0.1) is 15.9 Å². The van der Waals surface area contributed by atoms with Gasteiger partial charge in [0, 0.05) is 24.9 Å². The maximum atomic E-state index is 12.8. The number of aromatic nitrogens is 1. The number of carbonyl (C=O) groups excluding carboxylic acids is 3. The number of carbonyl (C=O) groups is 3. The summed E-state index contributed by atoms with van der Waals surface area (Å²) in [7, 11) is 0. The van der Waals surface area contributed by atoms with Gasteiger partial charge < -0.3 is 4.57 Å². The number of rotatable bonds is 4. The van der Waals surface area contributed by atoms with Crippen LogP contribution in [-0.2, 0) is 16.1 Å². The van der Waals surface area contributed by atoms with Crippen LogP contribution in [0.15, 0.2) is 54.0 Å². The summed E-state index contributed by atoms with van der Waals surface area (Å²) in [4.78, 5) is 42.7. The molecule has 0 spiro atoms. The van der Waals surface area contributed by atoms with Crippen LogP contribution in [0.2, 0.25) is 0 Å². The number of benzene rings is 2. The summed E-state index contributed by atoms with van der Waals surface area (Å²) >= 11 is 1.46. The Bertz CT molecular complexity index is 1250. The van der Waals surface area contributed by atoms with E-state index in [4.69, 9.17) is 0 Å². The van der Waals surface area contributed by atoms with E-state index in [1.54, 1.807) is 30.3 Å². The minimum Gasteiger partial charge on any atom is -0.312 e. The van der Waals surface area contributed by atoms with Gasteiger partial charge in [0.25, 0.3) is 5.91 Å². The molecule has 0 saturated carbocycles. The molecule has 1 aliphatic rings. The molecule has 3 amide bonds. The Balaban J connectivity index is 1.71. The van der Waals surface area contributed by atoms with Crippen molar-refractivity contribution in [3.63, 3.8) is 0 Å². The average molecular weight is 420 g/mol. The van der Waals surface area contributed by atoms with Crippen molar-refractivity contribution in [3.05, 3.63) is 70.5 Å². The van der Waals surface area contributed by atoms with Gasteiger partial charge in [0.2, 0.25) is 11.8 Å². The molecule has 1 fully saturated rings. The van der Waals surface area contributed by atoms with Crippen molar-refractivity contribution < 1.29 is 14.4 Å². The fourth-order valence-corrected chi connectivity index (χ4v) is 4.60. The number of hydrogen-bond donors (Lipinski definition) is 0. The summed E-state index contributed by atoms with van der Waals surface area (Å²) in [5.74, 6) is -0.811. The lowest BCUT2D eigenvalue weighted by molar-refractivity contribution is -0.121. The lowest BCUT2D eigenvalue weighted by atomic mass is 10.1. The molecule has 2 aromatic carbocycles. The standard InChI is InChI=1S/C23H21N3O3S/c1-4-11-25-18-12-14(2)15(3)13-19(18)30-23(25)24-22(29)16-5-7-17(8-6-16)26-20(27)9-10-21(26)28/h4-8,12-13H,1,9-11H2,2-3H3. The Morgan fingerprint density at radius 2 is 1.73 bits per heavy atom. The second-order valence-electron chi connectivity index (χ2n) is 7.27. The van der Waals surface area contributed by atoms with E-state index in [0.717, 1.165) is 10.2 Å². The minimum absolute atomic E-state index is 0.218. The highest BCUT2D eigenvalue weighted by atomic mass is 32.1. The molecule has 152 valence electrons. The molecule has 6 nitrogen and oxygen atoms in total. The fourth-order valence-electron chi connectivity index (χ4n) is 3.48. The van der Waals surface area contributed by atoms with Crippen molar-refractivity contribution >= 4 is 45.0 Å². The summed E-state index contributed by atoms with van der Waals surface area (Å²) in [5.41, 5.74) is 4.27. The number of hydrogen-bond acceptors (Lipinski definition) is 4. The zero-order valence-corrected chi connectivity index (χ0v) is 17.7. The van der Waals surface area contributed by atoms with Gasteiger partial charge in [-0.3, -0.25) is 19.3 Å². The Kier molecular flexibility index (Phi) is 5.22. The Morgan fingerprint density at radius 1 is 1.10 bits per heavy atom. The van der Waals surface area contributed by atoms with E-state index in [-0.39, 0.29) is 30.6 Å². The lowest BCUT2D eigenvalue weighted by Crippen LogP contribution is -2.28. The number of fused-ring (bicyclic) bond motifs is 1. The van der Waals surface area contributed by atoms with Crippen molar-refractivity contribution in [2.24, 2.45) is 4.99 Å². The molecule has 3 aromatic rings. The summed E-state index contributed by atoms with van der Waals surface area (Å²) in [6.45, 7) is 8.49. The number of amides is 3. The molecule has 0 N–H and O–H groups in total. The molecule has 0 unspecified atom stereocenters. The van der Waals surface area contributed by atoms with Crippen LogP contribution < -0.4 is 9.70 Å². The summed E-state index contributed by atoms with van der Waals surface area (Å²) in [6, 6.07) is 10.6. The highest BCUT2D eigenvalue weighted by Crippen LogP contribution is 2.24. The zero-order valence-electron chi connectivity index (χ0n) is 16.8. The van der Waals surface area contributed by atoms with E-state index in [0.29, 0.717) is 22.6 Å². The number of anilines is 1. The lowest BCUT2D eigenvalue weighted by Gasteiger charge is -2.13. The molecule has 0 bridgehead atoms. The molecule has 1 saturated heterocycles. The summed E-state index contributed by atoms with van der Waals surface area (Å²) < 4.78 is 3.04. The van der Waals surface area contributed by atoms with Gasteiger partial charge in [-0.25, -0.2) is 0 Å². The van der Waals surface area contributed by atoms with Crippen LogP contribution in [0.25, 0.3) is 10.2 Å². The van der Waals surface area contributed by atoms with Gasteiger partial charge >= 0.3 is 0 Å². The maximum absolute atomic E-state index is 12.8. The highest BCUT2D eigenvalue weighted by molar-refractivity contribution is 7.16. The second kappa shape index (κ2) is 7.84. The van der Waals surface area contributed by atoms with Crippen molar-refractivity contribution in [2.45, 2.75) is 33.2 Å². The zero-order chi connectivity index (χ0) is 21.4. The second-order valence-corrected chi connectivity index (χ2v) is 8.28. The van der Waals surface area contributed by atoms with E-state index in [9.17, 15) is 14.4 Å². The van der Waals surface area contributed by atoms with E-state index in [1.807, 2.05) is 4.57 Å². The number of thiazole rings is 1. The highest BCUT2D eigenvalue weighted by Gasteiger charge is 2.30. The van der Waals surface area contributed by atoms with Gasteiger partial charge in [-0.1, -0.05) is 17.4 Å². The Hall–Kier alpha value is -3.32. The van der Waals surface area contributed by atoms with E-state index in [1.165, 1.54) is 27.4 Å². The molecule has 1 aromatic heterocycles. The molecule has 4 rings (SSSR count). The summed E-state index contributed by atoms with van der Waals surface area (Å²) in [6.07, 6.45) is 2.23. The number of allylic oxidation sites excluding steroid dienone is 1. The van der Waals surface area contributed by atoms with Crippen LogP contribution in [0.3, 0.4) is 0 Å². The Morgan fingerprint density at radius 3 is 2.37 bits per heavy atom. The van der Waals surface area contributed by atoms with Gasteiger partial charge in [-0.15, -0.1) is 6.58 Å². The molecule has 2 heterocycles.